The molecule has 0 bridgehead atoms. The number of aromatic amines is 1. The van der Waals surface area contributed by atoms with Crippen molar-refractivity contribution in [2.24, 2.45) is 0 Å². The number of benzene rings is 1. The van der Waals surface area contributed by atoms with Crippen LogP contribution in [0.25, 0.3) is 10.9 Å². The van der Waals surface area contributed by atoms with Crippen molar-refractivity contribution in [1.29, 1.82) is 0 Å². The molecule has 0 saturated heterocycles. The van der Waals surface area contributed by atoms with Gasteiger partial charge in [0.05, 0.1) is 0 Å². The van der Waals surface area contributed by atoms with Crippen molar-refractivity contribution in [2.75, 3.05) is 6.54 Å². The Morgan fingerprint density at radius 2 is 1.94 bits per heavy atom. The van der Waals surface area contributed by atoms with Gasteiger partial charge in [-0.3, -0.25) is 0 Å². The average molecular weight is 240 g/mol. The first-order valence-electron chi connectivity index (χ1n) is 5.47. The number of aromatic nitrogens is 1. The van der Waals surface area contributed by atoms with Gasteiger partial charge in [0.1, 0.15) is 6.04 Å². The third-order valence-electron chi connectivity index (χ3n) is 3.19. The van der Waals surface area contributed by atoms with Crippen LogP contribution < -0.4 is 5.32 Å². The van der Waals surface area contributed by atoms with Crippen molar-refractivity contribution in [3.05, 3.63) is 35.5 Å². The Morgan fingerprint density at radius 3 is 2.71 bits per heavy atom. The lowest BCUT2D eigenvalue weighted by Crippen LogP contribution is -2.39. The van der Waals surface area contributed by atoms with Crippen LogP contribution >= 0.6 is 0 Å². The molecule has 2 aromatic rings. The maximum absolute atomic E-state index is 12.9. The summed E-state index contributed by atoms with van der Waals surface area (Å²) in [5.74, 6) is 0. The molecule has 1 aromatic carbocycles. The minimum atomic E-state index is -4.25. The van der Waals surface area contributed by atoms with E-state index in [2.05, 4.69) is 10.3 Å². The van der Waals surface area contributed by atoms with Crippen molar-refractivity contribution in [2.45, 2.75) is 18.6 Å². The van der Waals surface area contributed by atoms with Crippen LogP contribution in [0, 0.1) is 0 Å². The Hall–Kier alpha value is -1.49. The molecule has 3 rings (SSSR count). The van der Waals surface area contributed by atoms with Crippen LogP contribution in [0.1, 0.15) is 17.3 Å². The van der Waals surface area contributed by atoms with Gasteiger partial charge in [-0.05, 0) is 18.1 Å². The van der Waals surface area contributed by atoms with Crippen molar-refractivity contribution >= 4 is 10.9 Å². The molecule has 1 unspecified atom stereocenters. The van der Waals surface area contributed by atoms with Crippen LogP contribution in [0.3, 0.4) is 0 Å². The van der Waals surface area contributed by atoms with E-state index in [0.717, 1.165) is 16.5 Å². The molecule has 0 radical (unpaired) electrons. The highest BCUT2D eigenvalue weighted by Gasteiger charge is 2.44. The van der Waals surface area contributed by atoms with Gasteiger partial charge < -0.3 is 10.3 Å². The predicted molar refractivity (Wildman–Crippen MR) is 58.8 cm³/mol. The number of alkyl halides is 3. The Bertz CT molecular complexity index is 556. The standard InChI is InChI=1S/C12H11F3N2/c13-12(14,15)11-10-8(5-6-16-11)7-3-1-2-4-9(7)17-10/h1-4,11,16-17H,5-6H2. The molecule has 2 heterocycles. The van der Waals surface area contributed by atoms with E-state index in [1.165, 1.54) is 0 Å². The van der Waals surface area contributed by atoms with Gasteiger partial charge in [-0.2, -0.15) is 13.2 Å². The van der Waals surface area contributed by atoms with E-state index in [0.29, 0.717) is 13.0 Å². The summed E-state index contributed by atoms with van der Waals surface area (Å²) in [6.45, 7) is 0.360. The number of nitrogens with one attached hydrogen (secondary N) is 2. The van der Waals surface area contributed by atoms with Gasteiger partial charge in [-0.25, -0.2) is 0 Å². The summed E-state index contributed by atoms with van der Waals surface area (Å²) in [4.78, 5) is 2.89. The molecule has 2 nitrogen and oxygen atoms in total. The summed E-state index contributed by atoms with van der Waals surface area (Å²) in [7, 11) is 0. The molecule has 1 aliphatic heterocycles. The fourth-order valence-electron chi connectivity index (χ4n) is 2.46. The van der Waals surface area contributed by atoms with Crippen LogP contribution in [0.15, 0.2) is 24.3 Å². The highest BCUT2D eigenvalue weighted by molar-refractivity contribution is 5.85. The highest BCUT2D eigenvalue weighted by atomic mass is 19.4. The average Bonchev–Trinajstić information content (AvgIpc) is 2.65. The topological polar surface area (TPSA) is 27.8 Å². The first-order chi connectivity index (χ1) is 8.07. The van der Waals surface area contributed by atoms with Gasteiger partial charge >= 0.3 is 6.18 Å². The van der Waals surface area contributed by atoms with Crippen LogP contribution in [-0.2, 0) is 6.42 Å². The van der Waals surface area contributed by atoms with E-state index in [1.807, 2.05) is 18.2 Å². The number of fused-ring (bicyclic) bond motifs is 3. The van der Waals surface area contributed by atoms with E-state index in [1.54, 1.807) is 6.07 Å². The van der Waals surface area contributed by atoms with Gasteiger partial charge in [0.15, 0.2) is 0 Å². The monoisotopic (exact) mass is 240 g/mol. The Morgan fingerprint density at radius 1 is 1.18 bits per heavy atom. The third-order valence-corrected chi connectivity index (χ3v) is 3.19. The predicted octanol–water partition coefficient (Wildman–Crippen LogP) is 2.92. The van der Waals surface area contributed by atoms with Crippen LogP contribution in [0.4, 0.5) is 13.2 Å². The second-order valence-electron chi connectivity index (χ2n) is 4.24. The second-order valence-corrected chi connectivity index (χ2v) is 4.24. The molecule has 0 spiro atoms. The molecule has 0 saturated carbocycles. The van der Waals surface area contributed by atoms with Crippen LogP contribution in [0.5, 0.6) is 0 Å². The minimum Gasteiger partial charge on any atom is -0.357 e. The largest absolute Gasteiger partial charge is 0.409 e. The van der Waals surface area contributed by atoms with Crippen molar-refractivity contribution in [1.82, 2.24) is 10.3 Å². The summed E-state index contributed by atoms with van der Waals surface area (Å²) in [5.41, 5.74) is 1.84. The molecular weight excluding hydrogens is 229 g/mol. The number of halogens is 3. The lowest BCUT2D eigenvalue weighted by molar-refractivity contribution is -0.159. The first-order valence-corrected chi connectivity index (χ1v) is 5.47. The van der Waals surface area contributed by atoms with E-state index >= 15 is 0 Å². The Balaban J connectivity index is 2.21. The fourth-order valence-corrected chi connectivity index (χ4v) is 2.46. The highest BCUT2D eigenvalue weighted by Crippen LogP contribution is 2.38. The Kier molecular flexibility index (Phi) is 2.19. The molecule has 1 atom stereocenters. The van der Waals surface area contributed by atoms with Crippen molar-refractivity contribution in [3.8, 4) is 0 Å². The first kappa shape index (κ1) is 10.7. The molecule has 0 aliphatic carbocycles. The smallest absolute Gasteiger partial charge is 0.357 e. The number of hydrogen-bond donors (Lipinski definition) is 2. The van der Waals surface area contributed by atoms with E-state index < -0.39 is 12.2 Å². The zero-order valence-corrected chi connectivity index (χ0v) is 8.93. The lowest BCUT2D eigenvalue weighted by atomic mass is 9.99. The molecule has 0 amide bonds. The SMILES string of the molecule is FC(F)(F)C1NCCc2c1[nH]c1ccccc21. The van der Waals surface area contributed by atoms with E-state index in [4.69, 9.17) is 0 Å². The Labute approximate surface area is 95.8 Å². The van der Waals surface area contributed by atoms with Gasteiger partial charge in [0.2, 0.25) is 0 Å². The van der Waals surface area contributed by atoms with Gasteiger partial charge in [0.25, 0.3) is 0 Å². The van der Waals surface area contributed by atoms with Crippen molar-refractivity contribution in [3.63, 3.8) is 0 Å². The zero-order chi connectivity index (χ0) is 12.0. The summed E-state index contributed by atoms with van der Waals surface area (Å²) >= 11 is 0. The molecule has 1 aliphatic rings. The van der Waals surface area contributed by atoms with Gasteiger partial charge in [-0.15, -0.1) is 0 Å². The quantitative estimate of drug-likeness (QED) is 0.728. The normalized spacial score (nSPS) is 20.5. The minimum absolute atomic E-state index is 0.268. The number of rotatable bonds is 0. The maximum Gasteiger partial charge on any atom is 0.409 e. The molecular formula is C12H11F3N2. The summed E-state index contributed by atoms with van der Waals surface area (Å²) in [6, 6.07) is 5.77. The molecule has 17 heavy (non-hydrogen) atoms. The lowest BCUT2D eigenvalue weighted by Gasteiger charge is -2.26. The summed E-state index contributed by atoms with van der Waals surface area (Å²) in [6.07, 6.45) is -3.62. The van der Waals surface area contributed by atoms with Gasteiger partial charge in [-0.1, -0.05) is 18.2 Å². The summed E-state index contributed by atoms with van der Waals surface area (Å²) < 4.78 is 38.6. The second kappa shape index (κ2) is 3.50. The van der Waals surface area contributed by atoms with Gasteiger partial charge in [0, 0.05) is 23.1 Å². The summed E-state index contributed by atoms with van der Waals surface area (Å²) in [5, 5.41) is 3.42. The molecule has 2 N–H and O–H groups in total. The van der Waals surface area contributed by atoms with E-state index in [-0.39, 0.29) is 5.69 Å². The van der Waals surface area contributed by atoms with Crippen LogP contribution in [-0.4, -0.2) is 17.7 Å². The number of hydrogen-bond acceptors (Lipinski definition) is 1. The molecule has 5 heteroatoms. The third kappa shape index (κ3) is 1.61. The maximum atomic E-state index is 12.9. The zero-order valence-electron chi connectivity index (χ0n) is 8.93. The number of H-pyrrole nitrogens is 1. The number of para-hydroxylation sites is 1. The molecule has 1 aromatic heterocycles. The van der Waals surface area contributed by atoms with E-state index in [9.17, 15) is 13.2 Å². The van der Waals surface area contributed by atoms with Crippen LogP contribution in [0.2, 0.25) is 0 Å². The molecule has 90 valence electrons. The fraction of sp³-hybridized carbons (Fsp3) is 0.333. The van der Waals surface area contributed by atoms with Crippen molar-refractivity contribution < 1.29 is 13.2 Å². The molecule has 0 fully saturated rings.